The molecule has 1 aromatic carbocycles. The van der Waals surface area contributed by atoms with E-state index in [-0.39, 0.29) is 5.69 Å². The van der Waals surface area contributed by atoms with Crippen molar-refractivity contribution in [3.63, 3.8) is 0 Å². The van der Waals surface area contributed by atoms with Gasteiger partial charge in [0, 0.05) is 12.1 Å². The molecule has 86 valence electrons. The molecule has 0 bridgehead atoms. The molecule has 0 atom stereocenters. The Morgan fingerprint density at radius 2 is 1.88 bits per heavy atom. The highest BCUT2D eigenvalue weighted by Crippen LogP contribution is 2.16. The van der Waals surface area contributed by atoms with Gasteiger partial charge in [-0.05, 0) is 6.07 Å². The molecule has 0 amide bonds. The minimum atomic E-state index is -4.36. The number of rotatable bonds is 2. The molecule has 0 aliphatic carbocycles. The molecule has 0 unspecified atom stereocenters. The number of hydrogen-bond acceptors (Lipinski definition) is 4. The molecule has 1 N–H and O–H groups in total. The third-order valence-electron chi connectivity index (χ3n) is 1.33. The van der Waals surface area contributed by atoms with Crippen molar-refractivity contribution >= 4 is 15.8 Å². The molecule has 1 aromatic rings. The second kappa shape index (κ2) is 5.66. The SMILES string of the molecule is O=[N+]([O-])c1cccc(S(=O)(=O)O)c1.[N-]=[N+]=[N-]. The summed E-state index contributed by atoms with van der Waals surface area (Å²) in [6.45, 7) is 0. The Hall–Kier alpha value is -2.16. The van der Waals surface area contributed by atoms with Crippen molar-refractivity contribution in [2.45, 2.75) is 4.90 Å². The summed E-state index contributed by atoms with van der Waals surface area (Å²) < 4.78 is 29.6. The van der Waals surface area contributed by atoms with E-state index < -0.39 is 19.9 Å². The van der Waals surface area contributed by atoms with Crippen molar-refractivity contribution in [1.82, 2.24) is 0 Å². The van der Waals surface area contributed by atoms with Crippen LogP contribution in [0.5, 0.6) is 0 Å². The van der Waals surface area contributed by atoms with Gasteiger partial charge in [0.15, 0.2) is 0 Å². The van der Waals surface area contributed by atoms with E-state index in [9.17, 15) is 18.5 Å². The normalized spacial score (nSPS) is 9.56. The standard InChI is InChI=1S/C6H5NO5S.N3/c8-7(9)5-2-1-3-6(4-5)13(10,11)12;1-3-2/h1-4H,(H,10,11,12);/q;-1. The predicted molar refractivity (Wildman–Crippen MR) is 53.0 cm³/mol. The molecule has 1 rings (SSSR count). The van der Waals surface area contributed by atoms with Crippen LogP contribution in [0.15, 0.2) is 29.2 Å². The first-order valence-electron chi connectivity index (χ1n) is 3.53. The van der Waals surface area contributed by atoms with Crippen LogP contribution in [0.4, 0.5) is 5.69 Å². The van der Waals surface area contributed by atoms with E-state index in [4.69, 9.17) is 15.6 Å². The maximum absolute atomic E-state index is 10.5. The Balaban J connectivity index is 0.000000673. The topological polar surface area (TPSA) is 156 Å². The summed E-state index contributed by atoms with van der Waals surface area (Å²) in [4.78, 5) is 10.5. The Morgan fingerprint density at radius 1 is 1.38 bits per heavy atom. The highest BCUT2D eigenvalue weighted by atomic mass is 32.2. The molecule has 0 saturated heterocycles. The maximum Gasteiger partial charge on any atom is 0.294 e. The molecule has 9 nitrogen and oxygen atoms in total. The van der Waals surface area contributed by atoms with Gasteiger partial charge in [0.1, 0.15) is 4.90 Å². The second-order valence-corrected chi connectivity index (χ2v) is 3.74. The Morgan fingerprint density at radius 3 is 2.25 bits per heavy atom. The summed E-state index contributed by atoms with van der Waals surface area (Å²) in [6.07, 6.45) is 0. The zero-order valence-electron chi connectivity index (χ0n) is 7.59. The van der Waals surface area contributed by atoms with Crippen LogP contribution in [0.1, 0.15) is 0 Å². The van der Waals surface area contributed by atoms with Crippen molar-refractivity contribution < 1.29 is 17.9 Å². The zero-order chi connectivity index (χ0) is 12.8. The molecule has 16 heavy (non-hydrogen) atoms. The molecule has 0 fully saturated rings. The van der Waals surface area contributed by atoms with E-state index in [0.29, 0.717) is 0 Å². The average molecular weight is 245 g/mol. The molecule has 0 aliphatic heterocycles. The van der Waals surface area contributed by atoms with E-state index in [2.05, 4.69) is 0 Å². The molecule has 0 spiro atoms. The van der Waals surface area contributed by atoms with Gasteiger partial charge in [-0.25, -0.2) is 0 Å². The molecular weight excluding hydrogens is 240 g/mol. The van der Waals surface area contributed by atoms with Crippen LogP contribution in [0.3, 0.4) is 0 Å². The van der Waals surface area contributed by atoms with Crippen LogP contribution in [0.25, 0.3) is 16.0 Å². The summed E-state index contributed by atoms with van der Waals surface area (Å²) in [7, 11) is -4.36. The number of nitro benzene ring substituents is 1. The minimum Gasteiger partial charge on any atom is -0.373 e. The monoisotopic (exact) mass is 245 g/mol. The lowest BCUT2D eigenvalue weighted by Crippen LogP contribution is -1.98. The predicted octanol–water partition coefficient (Wildman–Crippen LogP) is 1.71. The van der Waals surface area contributed by atoms with Gasteiger partial charge in [0.05, 0.1) is 4.92 Å². The van der Waals surface area contributed by atoms with Crippen LogP contribution in [0, 0.1) is 10.1 Å². The van der Waals surface area contributed by atoms with E-state index in [1.54, 1.807) is 0 Å². The lowest BCUT2D eigenvalue weighted by molar-refractivity contribution is -0.385. The minimum absolute atomic E-state index is 0.380. The summed E-state index contributed by atoms with van der Waals surface area (Å²) in [5.41, 5.74) is 13.1. The van der Waals surface area contributed by atoms with Gasteiger partial charge in [0.2, 0.25) is 0 Å². The van der Waals surface area contributed by atoms with E-state index in [1.165, 1.54) is 11.0 Å². The summed E-state index contributed by atoms with van der Waals surface area (Å²) in [6, 6.07) is 4.17. The molecule has 0 radical (unpaired) electrons. The van der Waals surface area contributed by atoms with Crippen LogP contribution < -0.4 is 0 Å². The number of benzene rings is 1. The number of non-ortho nitro benzene ring substituents is 1. The highest BCUT2D eigenvalue weighted by molar-refractivity contribution is 7.85. The van der Waals surface area contributed by atoms with Crippen LogP contribution >= 0.6 is 0 Å². The van der Waals surface area contributed by atoms with Crippen molar-refractivity contribution in [1.29, 1.82) is 0 Å². The second-order valence-electron chi connectivity index (χ2n) is 2.32. The van der Waals surface area contributed by atoms with Gasteiger partial charge >= 0.3 is 0 Å². The van der Waals surface area contributed by atoms with E-state index in [0.717, 1.165) is 18.2 Å². The number of nitrogens with zero attached hydrogens (tertiary/aromatic N) is 4. The van der Waals surface area contributed by atoms with Crippen molar-refractivity contribution in [2.24, 2.45) is 0 Å². The lowest BCUT2D eigenvalue weighted by Gasteiger charge is -1.95. The fraction of sp³-hybridized carbons (Fsp3) is 0. The van der Waals surface area contributed by atoms with Crippen LogP contribution in [-0.2, 0) is 10.1 Å². The Bertz CT molecular complexity index is 519. The van der Waals surface area contributed by atoms with Crippen molar-refractivity contribution in [2.75, 3.05) is 0 Å². The molecule has 10 heteroatoms. The third kappa shape index (κ3) is 4.37. The summed E-state index contributed by atoms with van der Waals surface area (Å²) >= 11 is 0. The fourth-order valence-corrected chi connectivity index (χ4v) is 1.28. The first-order valence-corrected chi connectivity index (χ1v) is 4.97. The van der Waals surface area contributed by atoms with Crippen LogP contribution in [0.2, 0.25) is 0 Å². The van der Waals surface area contributed by atoms with E-state index >= 15 is 0 Å². The largest absolute Gasteiger partial charge is 0.373 e. The number of nitro groups is 1. The summed E-state index contributed by atoms with van der Waals surface area (Å²) in [5.74, 6) is 0. The Labute approximate surface area is 89.6 Å². The molecule has 0 saturated carbocycles. The molecular formula is C6H5N4O5S-. The molecule has 0 heterocycles. The first kappa shape index (κ1) is 13.8. The quantitative estimate of drug-likeness (QED) is 0.209. The van der Waals surface area contributed by atoms with Crippen LogP contribution in [-0.4, -0.2) is 17.9 Å². The zero-order valence-corrected chi connectivity index (χ0v) is 8.40. The van der Waals surface area contributed by atoms with Gasteiger partial charge in [-0.15, -0.1) is 0 Å². The summed E-state index contributed by atoms with van der Waals surface area (Å²) in [5, 5.41) is 10.2. The van der Waals surface area contributed by atoms with Gasteiger partial charge in [-0.2, -0.15) is 8.42 Å². The highest BCUT2D eigenvalue weighted by Gasteiger charge is 2.13. The molecule has 0 aromatic heterocycles. The molecule has 0 aliphatic rings. The van der Waals surface area contributed by atoms with Crippen molar-refractivity contribution in [3.05, 3.63) is 50.4 Å². The van der Waals surface area contributed by atoms with Gasteiger partial charge in [0.25, 0.3) is 15.8 Å². The lowest BCUT2D eigenvalue weighted by atomic mass is 10.3. The fourth-order valence-electron chi connectivity index (χ4n) is 0.758. The van der Waals surface area contributed by atoms with Gasteiger partial charge in [-0.3, -0.25) is 19.6 Å². The average Bonchev–Trinajstić information content (AvgIpc) is 2.18. The van der Waals surface area contributed by atoms with Crippen molar-refractivity contribution in [3.8, 4) is 0 Å². The van der Waals surface area contributed by atoms with Gasteiger partial charge < -0.3 is 11.1 Å². The maximum atomic E-state index is 10.5. The smallest absolute Gasteiger partial charge is 0.294 e. The Kier molecular flexibility index (Phi) is 4.89. The van der Waals surface area contributed by atoms with Gasteiger partial charge in [-0.1, -0.05) is 6.07 Å². The number of hydrogen-bond donors (Lipinski definition) is 1. The first-order chi connectivity index (χ1) is 7.32. The van der Waals surface area contributed by atoms with E-state index in [1.807, 2.05) is 0 Å². The third-order valence-corrected chi connectivity index (χ3v) is 2.18.